The first kappa shape index (κ1) is 15.8. The van der Waals surface area contributed by atoms with Gasteiger partial charge in [0.1, 0.15) is 16.4 Å². The van der Waals surface area contributed by atoms with Gasteiger partial charge in [-0.3, -0.25) is 4.79 Å². The molecule has 1 atom stereocenters. The SMILES string of the molecule is O=C(C[C@@H]1CCOc2ccccc21)Nc1scnc1-c1ccccc1. The molecule has 0 aliphatic carbocycles. The number of hydrogen-bond acceptors (Lipinski definition) is 4. The molecule has 4 rings (SSSR count). The van der Waals surface area contributed by atoms with Gasteiger partial charge in [0.05, 0.1) is 12.1 Å². The van der Waals surface area contributed by atoms with Gasteiger partial charge in [-0.25, -0.2) is 4.98 Å². The second kappa shape index (κ2) is 7.07. The molecule has 2 heterocycles. The number of carbonyl (C=O) groups is 1. The number of carbonyl (C=O) groups excluding carboxylic acids is 1. The number of hydrogen-bond donors (Lipinski definition) is 1. The molecule has 0 spiro atoms. The van der Waals surface area contributed by atoms with E-state index in [1.807, 2.05) is 48.5 Å². The third kappa shape index (κ3) is 3.42. The quantitative estimate of drug-likeness (QED) is 0.742. The Morgan fingerprint density at radius 2 is 1.96 bits per heavy atom. The summed E-state index contributed by atoms with van der Waals surface area (Å²) < 4.78 is 5.68. The number of anilines is 1. The summed E-state index contributed by atoms with van der Waals surface area (Å²) in [5, 5.41) is 3.85. The van der Waals surface area contributed by atoms with Gasteiger partial charge in [-0.15, -0.1) is 11.3 Å². The van der Waals surface area contributed by atoms with E-state index in [0.29, 0.717) is 13.0 Å². The predicted octanol–water partition coefficient (Wildman–Crippen LogP) is 4.71. The maximum absolute atomic E-state index is 12.6. The molecule has 1 aromatic heterocycles. The largest absolute Gasteiger partial charge is 0.493 e. The number of fused-ring (bicyclic) bond motifs is 1. The van der Waals surface area contributed by atoms with Gasteiger partial charge in [-0.1, -0.05) is 48.5 Å². The van der Waals surface area contributed by atoms with Crippen LogP contribution in [0.25, 0.3) is 11.3 Å². The summed E-state index contributed by atoms with van der Waals surface area (Å²) in [6.45, 7) is 0.658. The van der Waals surface area contributed by atoms with Crippen molar-refractivity contribution in [1.29, 1.82) is 0 Å². The van der Waals surface area contributed by atoms with E-state index >= 15 is 0 Å². The van der Waals surface area contributed by atoms with Crippen LogP contribution in [0, 0.1) is 0 Å². The van der Waals surface area contributed by atoms with Crippen molar-refractivity contribution in [2.75, 3.05) is 11.9 Å². The van der Waals surface area contributed by atoms with Crippen molar-refractivity contribution < 1.29 is 9.53 Å². The maximum Gasteiger partial charge on any atom is 0.225 e. The minimum absolute atomic E-state index is 0.0168. The van der Waals surface area contributed by atoms with Gasteiger partial charge >= 0.3 is 0 Å². The van der Waals surface area contributed by atoms with Crippen LogP contribution in [-0.4, -0.2) is 17.5 Å². The van der Waals surface area contributed by atoms with Crippen molar-refractivity contribution in [1.82, 2.24) is 4.98 Å². The van der Waals surface area contributed by atoms with Crippen LogP contribution in [0.4, 0.5) is 5.00 Å². The molecule has 5 heteroatoms. The number of para-hydroxylation sites is 1. The molecule has 0 fully saturated rings. The normalized spacial score (nSPS) is 15.9. The van der Waals surface area contributed by atoms with E-state index in [2.05, 4.69) is 16.4 Å². The van der Waals surface area contributed by atoms with Crippen LogP contribution in [0.15, 0.2) is 60.1 Å². The molecule has 4 nitrogen and oxygen atoms in total. The summed E-state index contributed by atoms with van der Waals surface area (Å²) in [4.78, 5) is 17.0. The summed E-state index contributed by atoms with van der Waals surface area (Å²) in [6.07, 6.45) is 1.31. The van der Waals surface area contributed by atoms with E-state index in [4.69, 9.17) is 4.74 Å². The Morgan fingerprint density at radius 1 is 1.16 bits per heavy atom. The number of benzene rings is 2. The maximum atomic E-state index is 12.6. The van der Waals surface area contributed by atoms with Crippen molar-refractivity contribution >= 4 is 22.2 Å². The van der Waals surface area contributed by atoms with E-state index in [0.717, 1.165) is 34.0 Å². The van der Waals surface area contributed by atoms with Crippen LogP contribution in [0.3, 0.4) is 0 Å². The number of rotatable bonds is 4. The van der Waals surface area contributed by atoms with Crippen LogP contribution in [0.2, 0.25) is 0 Å². The molecule has 126 valence electrons. The third-order valence-corrected chi connectivity index (χ3v) is 5.12. The highest BCUT2D eigenvalue weighted by atomic mass is 32.1. The Hall–Kier alpha value is -2.66. The Kier molecular flexibility index (Phi) is 4.48. The third-order valence-electron chi connectivity index (χ3n) is 4.38. The second-order valence-electron chi connectivity index (χ2n) is 6.02. The molecule has 0 bridgehead atoms. The zero-order valence-corrected chi connectivity index (χ0v) is 14.5. The fraction of sp³-hybridized carbons (Fsp3) is 0.200. The Morgan fingerprint density at radius 3 is 2.84 bits per heavy atom. The van der Waals surface area contributed by atoms with E-state index in [-0.39, 0.29) is 11.8 Å². The van der Waals surface area contributed by atoms with Crippen LogP contribution in [0.5, 0.6) is 5.75 Å². The van der Waals surface area contributed by atoms with E-state index in [9.17, 15) is 4.79 Å². The fourth-order valence-corrected chi connectivity index (χ4v) is 3.88. The first-order chi connectivity index (χ1) is 12.3. The lowest BCUT2D eigenvalue weighted by molar-refractivity contribution is -0.116. The second-order valence-corrected chi connectivity index (χ2v) is 6.88. The van der Waals surface area contributed by atoms with Gasteiger partial charge in [0, 0.05) is 12.0 Å². The average Bonchev–Trinajstić information content (AvgIpc) is 3.11. The smallest absolute Gasteiger partial charge is 0.225 e. The summed E-state index contributed by atoms with van der Waals surface area (Å²) in [7, 11) is 0. The van der Waals surface area contributed by atoms with Crippen LogP contribution < -0.4 is 10.1 Å². The van der Waals surface area contributed by atoms with Gasteiger partial charge in [0.25, 0.3) is 0 Å². The predicted molar refractivity (Wildman–Crippen MR) is 100 cm³/mol. The molecule has 0 unspecified atom stereocenters. The average molecular weight is 350 g/mol. The summed E-state index contributed by atoms with van der Waals surface area (Å²) >= 11 is 1.45. The van der Waals surface area contributed by atoms with Crippen LogP contribution in [0.1, 0.15) is 24.3 Å². The lowest BCUT2D eigenvalue weighted by Crippen LogP contribution is -2.20. The molecular formula is C20H18N2O2S. The van der Waals surface area contributed by atoms with Gasteiger partial charge < -0.3 is 10.1 Å². The fourth-order valence-electron chi connectivity index (χ4n) is 3.17. The molecule has 1 amide bonds. The highest BCUT2D eigenvalue weighted by molar-refractivity contribution is 7.14. The minimum atomic E-state index is 0.0168. The van der Waals surface area contributed by atoms with Crippen LogP contribution in [-0.2, 0) is 4.79 Å². The van der Waals surface area contributed by atoms with E-state index < -0.39 is 0 Å². The minimum Gasteiger partial charge on any atom is -0.493 e. The van der Waals surface area contributed by atoms with Gasteiger partial charge in [-0.2, -0.15) is 0 Å². The van der Waals surface area contributed by atoms with Gasteiger partial charge in [0.2, 0.25) is 5.91 Å². The highest BCUT2D eigenvalue weighted by Crippen LogP contribution is 2.36. The Balaban J connectivity index is 1.49. The standard InChI is InChI=1S/C20H18N2O2S/c23-18(12-15-10-11-24-17-9-5-4-8-16(15)17)22-20-19(21-13-25-20)14-6-2-1-3-7-14/h1-9,13,15H,10-12H2,(H,22,23)/t15-/m0/s1. The van der Waals surface area contributed by atoms with Crippen molar-refractivity contribution in [2.45, 2.75) is 18.8 Å². The Labute approximate surface area is 150 Å². The molecule has 25 heavy (non-hydrogen) atoms. The zero-order valence-electron chi connectivity index (χ0n) is 13.6. The number of ether oxygens (including phenoxy) is 1. The number of nitrogens with zero attached hydrogens (tertiary/aromatic N) is 1. The molecule has 1 aliphatic heterocycles. The number of nitrogens with one attached hydrogen (secondary N) is 1. The Bertz CT molecular complexity index is 876. The van der Waals surface area contributed by atoms with Crippen LogP contribution >= 0.6 is 11.3 Å². The molecule has 1 aliphatic rings. The van der Waals surface area contributed by atoms with E-state index in [1.54, 1.807) is 5.51 Å². The molecule has 1 N–H and O–H groups in total. The molecule has 3 aromatic rings. The lowest BCUT2D eigenvalue weighted by Gasteiger charge is -2.25. The molecule has 2 aromatic carbocycles. The first-order valence-electron chi connectivity index (χ1n) is 8.32. The van der Waals surface area contributed by atoms with Crippen molar-refractivity contribution in [2.24, 2.45) is 0 Å². The summed E-state index contributed by atoms with van der Waals surface area (Å²) in [5.74, 6) is 1.11. The highest BCUT2D eigenvalue weighted by Gasteiger charge is 2.24. The lowest BCUT2D eigenvalue weighted by atomic mass is 9.90. The molecule has 0 saturated carbocycles. The van der Waals surface area contributed by atoms with Crippen molar-refractivity contribution in [3.05, 3.63) is 65.7 Å². The van der Waals surface area contributed by atoms with Gasteiger partial charge in [0.15, 0.2) is 0 Å². The summed E-state index contributed by atoms with van der Waals surface area (Å²) in [6, 6.07) is 17.9. The monoisotopic (exact) mass is 350 g/mol. The zero-order chi connectivity index (χ0) is 17.1. The number of aromatic nitrogens is 1. The topological polar surface area (TPSA) is 51.2 Å². The van der Waals surface area contributed by atoms with Gasteiger partial charge in [-0.05, 0) is 24.0 Å². The molecule has 0 radical (unpaired) electrons. The van der Waals surface area contributed by atoms with Crippen molar-refractivity contribution in [3.63, 3.8) is 0 Å². The summed E-state index contributed by atoms with van der Waals surface area (Å²) in [5.41, 5.74) is 4.72. The first-order valence-corrected chi connectivity index (χ1v) is 9.19. The number of amides is 1. The number of thiazole rings is 1. The molecular weight excluding hydrogens is 332 g/mol. The van der Waals surface area contributed by atoms with Crippen molar-refractivity contribution in [3.8, 4) is 17.0 Å². The van der Waals surface area contributed by atoms with E-state index in [1.165, 1.54) is 11.3 Å². The molecule has 0 saturated heterocycles.